The second-order valence-electron chi connectivity index (χ2n) is 4.26. The Bertz CT molecular complexity index is 872. The predicted octanol–water partition coefficient (Wildman–Crippen LogP) is 1.92. The molecule has 102 valence electrons. The van der Waals surface area contributed by atoms with Gasteiger partial charge in [0.1, 0.15) is 5.69 Å². The van der Waals surface area contributed by atoms with E-state index < -0.39 is 0 Å². The van der Waals surface area contributed by atoms with Crippen molar-refractivity contribution in [1.29, 1.82) is 0 Å². The van der Waals surface area contributed by atoms with E-state index in [2.05, 4.69) is 26.7 Å². The van der Waals surface area contributed by atoms with Gasteiger partial charge in [0.25, 0.3) is 0 Å². The van der Waals surface area contributed by atoms with Crippen LogP contribution in [0.3, 0.4) is 0 Å². The number of aromatic nitrogens is 3. The number of methoxy groups -OCH3 is 1. The van der Waals surface area contributed by atoms with Gasteiger partial charge in [0.05, 0.1) is 18.9 Å². The highest BCUT2D eigenvalue weighted by Crippen LogP contribution is 2.07. The number of rotatable bonds is 1. The minimum absolute atomic E-state index is 0.380. The van der Waals surface area contributed by atoms with Gasteiger partial charge in [0.15, 0.2) is 5.65 Å². The summed E-state index contributed by atoms with van der Waals surface area (Å²) in [6, 6.07) is 10.6. The number of fused-ring (bicyclic) bond motifs is 1. The number of carbonyl (C=O) groups is 1. The fraction of sp³-hybridized carbons (Fsp3) is 0.0625. The Hall–Kier alpha value is -3.13. The summed E-state index contributed by atoms with van der Waals surface area (Å²) in [5, 5.41) is 4.19. The van der Waals surface area contributed by atoms with E-state index in [0.29, 0.717) is 11.3 Å². The molecule has 0 radical (unpaired) electrons. The summed E-state index contributed by atoms with van der Waals surface area (Å²) < 4.78 is 6.35. The predicted molar refractivity (Wildman–Crippen MR) is 76.7 cm³/mol. The van der Waals surface area contributed by atoms with Gasteiger partial charge < -0.3 is 4.74 Å². The van der Waals surface area contributed by atoms with E-state index in [4.69, 9.17) is 0 Å². The SMILES string of the molecule is COC(=O)c1cccc(C#Cc2cnc3cccnn23)c1. The zero-order valence-corrected chi connectivity index (χ0v) is 11.3. The van der Waals surface area contributed by atoms with Crippen molar-refractivity contribution >= 4 is 11.6 Å². The number of nitrogens with zero attached hydrogens (tertiary/aromatic N) is 3. The Kier molecular flexibility index (Phi) is 3.36. The highest BCUT2D eigenvalue weighted by Gasteiger charge is 2.04. The summed E-state index contributed by atoms with van der Waals surface area (Å²) in [4.78, 5) is 15.7. The molecule has 5 nitrogen and oxygen atoms in total. The second-order valence-corrected chi connectivity index (χ2v) is 4.26. The lowest BCUT2D eigenvalue weighted by Crippen LogP contribution is -2.00. The lowest BCUT2D eigenvalue weighted by Gasteiger charge is -1.98. The maximum Gasteiger partial charge on any atom is 0.337 e. The molecule has 0 saturated heterocycles. The number of benzene rings is 1. The van der Waals surface area contributed by atoms with Gasteiger partial charge in [-0.15, -0.1) is 0 Å². The molecule has 2 aromatic heterocycles. The first-order chi connectivity index (χ1) is 10.3. The topological polar surface area (TPSA) is 56.5 Å². The van der Waals surface area contributed by atoms with Crippen LogP contribution in [0.2, 0.25) is 0 Å². The van der Waals surface area contributed by atoms with Gasteiger partial charge in [-0.25, -0.2) is 14.3 Å². The van der Waals surface area contributed by atoms with Gasteiger partial charge in [0, 0.05) is 11.8 Å². The first kappa shape index (κ1) is 12.9. The molecule has 0 fully saturated rings. The number of hydrogen-bond acceptors (Lipinski definition) is 4. The number of carbonyl (C=O) groups excluding carboxylic acids is 1. The highest BCUT2D eigenvalue weighted by atomic mass is 16.5. The van der Waals surface area contributed by atoms with Gasteiger partial charge in [-0.1, -0.05) is 12.0 Å². The molecule has 0 atom stereocenters. The van der Waals surface area contributed by atoms with Crippen LogP contribution < -0.4 is 0 Å². The van der Waals surface area contributed by atoms with E-state index in [0.717, 1.165) is 11.2 Å². The zero-order valence-electron chi connectivity index (χ0n) is 11.3. The van der Waals surface area contributed by atoms with Crippen LogP contribution in [0.15, 0.2) is 48.8 Å². The molecule has 1 aromatic carbocycles. The summed E-state index contributed by atoms with van der Waals surface area (Å²) in [7, 11) is 1.35. The van der Waals surface area contributed by atoms with E-state index in [-0.39, 0.29) is 5.97 Å². The molecule has 0 unspecified atom stereocenters. The molecule has 2 heterocycles. The third-order valence-electron chi connectivity index (χ3n) is 2.90. The Morgan fingerprint density at radius 3 is 3.00 bits per heavy atom. The van der Waals surface area contributed by atoms with Gasteiger partial charge in [-0.05, 0) is 36.3 Å². The normalized spacial score (nSPS) is 9.95. The lowest BCUT2D eigenvalue weighted by atomic mass is 10.1. The van der Waals surface area contributed by atoms with Gasteiger partial charge >= 0.3 is 5.97 Å². The summed E-state index contributed by atoms with van der Waals surface area (Å²) in [5.74, 6) is 5.62. The fourth-order valence-corrected chi connectivity index (χ4v) is 1.89. The average Bonchev–Trinajstić information content (AvgIpc) is 2.95. The van der Waals surface area contributed by atoms with Crippen LogP contribution in [0.5, 0.6) is 0 Å². The number of ether oxygens (including phenoxy) is 1. The van der Waals surface area contributed by atoms with E-state index in [1.54, 1.807) is 35.1 Å². The fourth-order valence-electron chi connectivity index (χ4n) is 1.89. The Morgan fingerprint density at radius 2 is 2.14 bits per heavy atom. The van der Waals surface area contributed by atoms with Crippen LogP contribution in [0.25, 0.3) is 5.65 Å². The zero-order chi connectivity index (χ0) is 14.7. The van der Waals surface area contributed by atoms with Crippen molar-refractivity contribution in [3.8, 4) is 11.8 Å². The van der Waals surface area contributed by atoms with Crippen molar-refractivity contribution < 1.29 is 9.53 Å². The number of hydrogen-bond donors (Lipinski definition) is 0. The maximum absolute atomic E-state index is 11.5. The van der Waals surface area contributed by atoms with Crippen LogP contribution in [0.1, 0.15) is 21.6 Å². The summed E-state index contributed by atoms with van der Waals surface area (Å²) in [6.45, 7) is 0. The van der Waals surface area contributed by atoms with Crippen molar-refractivity contribution in [1.82, 2.24) is 14.6 Å². The molecule has 0 amide bonds. The van der Waals surface area contributed by atoms with E-state index >= 15 is 0 Å². The van der Waals surface area contributed by atoms with Crippen LogP contribution in [-0.4, -0.2) is 27.7 Å². The van der Waals surface area contributed by atoms with Gasteiger partial charge in [-0.2, -0.15) is 5.10 Å². The van der Waals surface area contributed by atoms with Crippen LogP contribution in [0.4, 0.5) is 0 Å². The molecule has 0 spiro atoms. The van der Waals surface area contributed by atoms with Gasteiger partial charge in [0.2, 0.25) is 0 Å². The standard InChI is InChI=1S/C16H11N3O2/c1-21-16(20)13-5-2-4-12(10-13)7-8-14-11-17-15-6-3-9-18-19(14)15/h2-6,9-11H,1H3. The molecule has 0 aliphatic rings. The largest absolute Gasteiger partial charge is 0.465 e. The van der Waals surface area contributed by atoms with Crippen molar-refractivity contribution in [3.63, 3.8) is 0 Å². The molecule has 0 aliphatic carbocycles. The molecule has 3 aromatic rings. The average molecular weight is 277 g/mol. The minimum atomic E-state index is -0.380. The Labute approximate surface area is 121 Å². The van der Waals surface area contributed by atoms with Crippen molar-refractivity contribution in [3.05, 3.63) is 65.6 Å². The third-order valence-corrected chi connectivity index (χ3v) is 2.90. The number of imidazole rings is 1. The van der Waals surface area contributed by atoms with E-state index in [1.165, 1.54) is 7.11 Å². The molecule has 3 rings (SSSR count). The summed E-state index contributed by atoms with van der Waals surface area (Å²) in [5.41, 5.74) is 2.63. The van der Waals surface area contributed by atoms with Crippen molar-refractivity contribution in [2.45, 2.75) is 0 Å². The Balaban J connectivity index is 1.96. The van der Waals surface area contributed by atoms with E-state index in [9.17, 15) is 4.79 Å². The van der Waals surface area contributed by atoms with Crippen LogP contribution in [-0.2, 0) is 4.74 Å². The molecule has 5 heteroatoms. The van der Waals surface area contributed by atoms with Crippen LogP contribution >= 0.6 is 0 Å². The van der Waals surface area contributed by atoms with Crippen LogP contribution in [0, 0.1) is 11.8 Å². The van der Waals surface area contributed by atoms with Crippen molar-refractivity contribution in [2.75, 3.05) is 7.11 Å². The highest BCUT2D eigenvalue weighted by molar-refractivity contribution is 5.89. The molecule has 0 bridgehead atoms. The summed E-state index contributed by atoms with van der Waals surface area (Å²) in [6.07, 6.45) is 3.34. The first-order valence-electron chi connectivity index (χ1n) is 6.27. The third kappa shape index (κ3) is 2.60. The summed E-state index contributed by atoms with van der Waals surface area (Å²) >= 11 is 0. The van der Waals surface area contributed by atoms with E-state index in [1.807, 2.05) is 18.2 Å². The molecule has 21 heavy (non-hydrogen) atoms. The minimum Gasteiger partial charge on any atom is -0.465 e. The molecule has 0 aliphatic heterocycles. The quantitative estimate of drug-likeness (QED) is 0.503. The lowest BCUT2D eigenvalue weighted by molar-refractivity contribution is 0.0600. The smallest absolute Gasteiger partial charge is 0.337 e. The Morgan fingerprint density at radius 1 is 1.24 bits per heavy atom. The second kappa shape index (κ2) is 5.47. The first-order valence-corrected chi connectivity index (χ1v) is 6.27. The maximum atomic E-state index is 11.5. The molecular weight excluding hydrogens is 266 g/mol. The molecular formula is C16H11N3O2. The van der Waals surface area contributed by atoms with Crippen molar-refractivity contribution in [2.24, 2.45) is 0 Å². The monoisotopic (exact) mass is 277 g/mol. The molecule has 0 saturated carbocycles. The van der Waals surface area contributed by atoms with Gasteiger partial charge in [-0.3, -0.25) is 0 Å². The molecule has 0 N–H and O–H groups in total. The number of esters is 1.